The van der Waals surface area contributed by atoms with Crippen LogP contribution in [-0.4, -0.2) is 31.8 Å². The molecular weight excluding hydrogens is 230 g/mol. The standard InChI is InChI=1S/C11H14ClNO3/c1-13-6-10(14)7-3-4-8(9(12)5-7)11(15)16-2/h3-5,10,13-14H,6H2,1-2H3. The second-order valence-electron chi connectivity index (χ2n) is 3.30. The first-order valence-electron chi connectivity index (χ1n) is 4.80. The third-order valence-corrected chi connectivity index (χ3v) is 2.49. The number of halogens is 1. The first kappa shape index (κ1) is 13.0. The molecule has 16 heavy (non-hydrogen) atoms. The Hall–Kier alpha value is -1.10. The minimum atomic E-state index is -0.644. The Morgan fingerprint density at radius 2 is 2.31 bits per heavy atom. The van der Waals surface area contributed by atoms with Crippen LogP contribution in [0.3, 0.4) is 0 Å². The number of benzene rings is 1. The predicted molar refractivity (Wildman–Crippen MR) is 61.7 cm³/mol. The normalized spacial score (nSPS) is 12.2. The number of methoxy groups -OCH3 is 1. The summed E-state index contributed by atoms with van der Waals surface area (Å²) >= 11 is 5.91. The lowest BCUT2D eigenvalue weighted by Gasteiger charge is -2.11. The van der Waals surface area contributed by atoms with Gasteiger partial charge in [-0.1, -0.05) is 17.7 Å². The molecule has 0 bridgehead atoms. The van der Waals surface area contributed by atoms with Gasteiger partial charge in [-0.25, -0.2) is 4.79 Å². The molecule has 0 radical (unpaired) electrons. The van der Waals surface area contributed by atoms with Crippen molar-refractivity contribution in [1.82, 2.24) is 5.32 Å². The van der Waals surface area contributed by atoms with Gasteiger partial charge in [-0.05, 0) is 24.7 Å². The Morgan fingerprint density at radius 1 is 1.62 bits per heavy atom. The number of hydrogen-bond donors (Lipinski definition) is 2. The van der Waals surface area contributed by atoms with E-state index in [4.69, 9.17) is 11.6 Å². The van der Waals surface area contributed by atoms with E-state index in [-0.39, 0.29) is 5.02 Å². The van der Waals surface area contributed by atoms with Crippen LogP contribution in [0.25, 0.3) is 0 Å². The lowest BCUT2D eigenvalue weighted by molar-refractivity contribution is 0.0600. The quantitative estimate of drug-likeness (QED) is 0.785. The van der Waals surface area contributed by atoms with E-state index >= 15 is 0 Å². The summed E-state index contributed by atoms with van der Waals surface area (Å²) in [6.45, 7) is 0.425. The van der Waals surface area contributed by atoms with Crippen molar-refractivity contribution in [2.24, 2.45) is 0 Å². The van der Waals surface area contributed by atoms with Crippen molar-refractivity contribution in [3.8, 4) is 0 Å². The van der Waals surface area contributed by atoms with Crippen LogP contribution < -0.4 is 5.32 Å². The fraction of sp³-hybridized carbons (Fsp3) is 0.364. The van der Waals surface area contributed by atoms with Crippen LogP contribution >= 0.6 is 11.6 Å². The van der Waals surface area contributed by atoms with E-state index in [1.54, 1.807) is 25.2 Å². The average Bonchev–Trinajstić information content (AvgIpc) is 2.28. The fourth-order valence-electron chi connectivity index (χ4n) is 1.33. The summed E-state index contributed by atoms with van der Waals surface area (Å²) in [4.78, 5) is 11.3. The molecule has 0 saturated carbocycles. The van der Waals surface area contributed by atoms with Crippen molar-refractivity contribution in [3.63, 3.8) is 0 Å². The first-order chi connectivity index (χ1) is 7.60. The lowest BCUT2D eigenvalue weighted by atomic mass is 10.1. The summed E-state index contributed by atoms with van der Waals surface area (Å²) in [5.74, 6) is -0.486. The van der Waals surface area contributed by atoms with E-state index in [1.165, 1.54) is 7.11 Å². The van der Waals surface area contributed by atoms with Crippen molar-refractivity contribution in [2.45, 2.75) is 6.10 Å². The zero-order chi connectivity index (χ0) is 12.1. The first-order valence-corrected chi connectivity index (χ1v) is 5.18. The Morgan fingerprint density at radius 3 is 2.81 bits per heavy atom. The highest BCUT2D eigenvalue weighted by molar-refractivity contribution is 6.33. The molecule has 1 aromatic rings. The van der Waals surface area contributed by atoms with Gasteiger partial charge in [-0.2, -0.15) is 0 Å². The van der Waals surface area contributed by atoms with E-state index in [0.29, 0.717) is 17.7 Å². The highest BCUT2D eigenvalue weighted by Crippen LogP contribution is 2.22. The number of rotatable bonds is 4. The van der Waals surface area contributed by atoms with E-state index in [1.807, 2.05) is 0 Å². The number of nitrogens with one attached hydrogen (secondary N) is 1. The van der Waals surface area contributed by atoms with Crippen molar-refractivity contribution >= 4 is 17.6 Å². The Bertz CT molecular complexity index is 381. The van der Waals surface area contributed by atoms with Gasteiger partial charge in [-0.3, -0.25) is 0 Å². The fourth-order valence-corrected chi connectivity index (χ4v) is 1.59. The van der Waals surface area contributed by atoms with E-state index in [2.05, 4.69) is 10.1 Å². The summed E-state index contributed by atoms with van der Waals surface area (Å²) in [7, 11) is 3.04. The monoisotopic (exact) mass is 243 g/mol. The minimum Gasteiger partial charge on any atom is -0.465 e. The molecular formula is C11H14ClNO3. The second-order valence-corrected chi connectivity index (χ2v) is 3.71. The summed E-state index contributed by atoms with van der Waals surface area (Å²) < 4.78 is 4.57. The third-order valence-electron chi connectivity index (χ3n) is 2.18. The van der Waals surface area contributed by atoms with E-state index in [0.717, 1.165) is 0 Å². The number of ether oxygens (including phenoxy) is 1. The van der Waals surface area contributed by atoms with Gasteiger partial charge in [0.05, 0.1) is 23.8 Å². The number of aliphatic hydroxyl groups excluding tert-OH is 1. The van der Waals surface area contributed by atoms with E-state index < -0.39 is 12.1 Å². The van der Waals surface area contributed by atoms with Gasteiger partial charge in [0.15, 0.2) is 0 Å². The molecule has 0 aromatic heterocycles. The molecule has 1 aromatic carbocycles. The largest absolute Gasteiger partial charge is 0.465 e. The smallest absolute Gasteiger partial charge is 0.339 e. The molecule has 1 atom stereocenters. The molecule has 2 N–H and O–H groups in total. The lowest BCUT2D eigenvalue weighted by Crippen LogP contribution is -2.16. The Kier molecular flexibility index (Phi) is 4.73. The number of likely N-dealkylation sites (N-methyl/N-ethyl adjacent to an activating group) is 1. The summed E-state index contributed by atoms with van der Waals surface area (Å²) in [6, 6.07) is 4.76. The zero-order valence-electron chi connectivity index (χ0n) is 9.16. The molecule has 0 heterocycles. The highest BCUT2D eigenvalue weighted by atomic mass is 35.5. The third kappa shape index (κ3) is 2.95. The molecule has 1 unspecified atom stereocenters. The topological polar surface area (TPSA) is 58.6 Å². The predicted octanol–water partition coefficient (Wildman–Crippen LogP) is 1.38. The SMILES string of the molecule is CNCC(O)c1ccc(C(=O)OC)c(Cl)c1. The molecule has 0 amide bonds. The van der Waals surface area contributed by atoms with Gasteiger partial charge in [0, 0.05) is 6.54 Å². The molecule has 5 heteroatoms. The van der Waals surface area contributed by atoms with Gasteiger partial charge in [-0.15, -0.1) is 0 Å². The van der Waals surface area contributed by atoms with E-state index in [9.17, 15) is 9.90 Å². The van der Waals surface area contributed by atoms with Crippen LogP contribution in [0.2, 0.25) is 5.02 Å². The Balaban J connectivity index is 2.94. The zero-order valence-corrected chi connectivity index (χ0v) is 9.91. The minimum absolute atomic E-state index is 0.277. The van der Waals surface area contributed by atoms with Gasteiger partial charge in [0.25, 0.3) is 0 Å². The van der Waals surface area contributed by atoms with Crippen LogP contribution in [0.4, 0.5) is 0 Å². The number of carbonyl (C=O) groups is 1. The number of hydrogen-bond acceptors (Lipinski definition) is 4. The van der Waals surface area contributed by atoms with Crippen LogP contribution in [0.15, 0.2) is 18.2 Å². The number of carbonyl (C=O) groups excluding carboxylic acids is 1. The molecule has 0 fully saturated rings. The summed E-state index contributed by atoms with van der Waals surface area (Å²) in [6.07, 6.45) is -0.644. The molecule has 0 spiro atoms. The summed E-state index contributed by atoms with van der Waals surface area (Å²) in [5.41, 5.74) is 0.955. The maximum Gasteiger partial charge on any atom is 0.339 e. The highest BCUT2D eigenvalue weighted by Gasteiger charge is 2.13. The molecule has 4 nitrogen and oxygen atoms in total. The van der Waals surface area contributed by atoms with Crippen molar-refractivity contribution < 1.29 is 14.6 Å². The van der Waals surface area contributed by atoms with Gasteiger partial charge >= 0.3 is 5.97 Å². The van der Waals surface area contributed by atoms with Gasteiger partial charge < -0.3 is 15.2 Å². The van der Waals surface area contributed by atoms with Crippen LogP contribution in [-0.2, 0) is 4.74 Å². The maximum absolute atomic E-state index is 11.3. The summed E-state index contributed by atoms with van der Waals surface area (Å²) in [5, 5.41) is 12.8. The van der Waals surface area contributed by atoms with Gasteiger partial charge in [0.2, 0.25) is 0 Å². The molecule has 0 aliphatic carbocycles. The van der Waals surface area contributed by atoms with Crippen molar-refractivity contribution in [3.05, 3.63) is 34.3 Å². The van der Waals surface area contributed by atoms with Crippen LogP contribution in [0.1, 0.15) is 22.0 Å². The maximum atomic E-state index is 11.3. The molecule has 1 rings (SSSR count). The Labute approximate surface area is 99.2 Å². The second kappa shape index (κ2) is 5.84. The molecule has 0 aliphatic heterocycles. The average molecular weight is 244 g/mol. The molecule has 88 valence electrons. The molecule has 0 saturated heterocycles. The van der Waals surface area contributed by atoms with Gasteiger partial charge in [0.1, 0.15) is 0 Å². The number of esters is 1. The molecule has 0 aliphatic rings. The van der Waals surface area contributed by atoms with Crippen LogP contribution in [0.5, 0.6) is 0 Å². The van der Waals surface area contributed by atoms with Crippen LogP contribution in [0, 0.1) is 0 Å². The van der Waals surface area contributed by atoms with Crippen molar-refractivity contribution in [1.29, 1.82) is 0 Å². The number of aliphatic hydroxyl groups is 1. The van der Waals surface area contributed by atoms with Crippen molar-refractivity contribution in [2.75, 3.05) is 20.7 Å².